The van der Waals surface area contributed by atoms with Gasteiger partial charge in [-0.05, 0) is 103 Å². The minimum atomic E-state index is -4.91. The summed E-state index contributed by atoms with van der Waals surface area (Å²) in [5.41, 5.74) is 0. The van der Waals surface area contributed by atoms with Crippen LogP contribution in [0.15, 0.2) is 24.3 Å². The number of phosphoric ester groups is 2. The van der Waals surface area contributed by atoms with Crippen LogP contribution in [0.25, 0.3) is 0 Å². The van der Waals surface area contributed by atoms with Gasteiger partial charge in [-0.2, -0.15) is 0 Å². The van der Waals surface area contributed by atoms with Crippen molar-refractivity contribution in [1.29, 1.82) is 0 Å². The van der Waals surface area contributed by atoms with E-state index in [1.54, 1.807) is 0 Å². The van der Waals surface area contributed by atoms with Crippen molar-refractivity contribution >= 4 is 51.2 Å². The SMILES string of the molecule is CCCCCC/C=C\CCCC(=O)O[C@H](CCCCCCC)CC(=O)NC(COCCC(O)CCCCCCC)COP(=O)(O)OCCNC(=O)[C@H](O)[C@@H](O)C(=O)NCCOP(=O)(O)OCC(COCCC(O)CCCCCCC)NC(=O)C[C@@H](CCCCCCC)OC(=O)CCC/C=C\CCCCCC. The van der Waals surface area contributed by atoms with Crippen LogP contribution in [0, 0.1) is 0 Å². The molecule has 10 N–H and O–H groups in total. The van der Waals surface area contributed by atoms with Crippen molar-refractivity contribution < 1.29 is 105 Å². The molecule has 10 atom stereocenters. The minimum Gasteiger partial charge on any atom is -0.462 e. The smallest absolute Gasteiger partial charge is 0.462 e. The molecule has 0 saturated heterocycles. The minimum absolute atomic E-state index is 0.111. The molecule has 4 amide bonds. The van der Waals surface area contributed by atoms with Crippen LogP contribution < -0.4 is 21.3 Å². The lowest BCUT2D eigenvalue weighted by molar-refractivity contribution is -0.152. The number of amides is 4. The van der Waals surface area contributed by atoms with Gasteiger partial charge in [-0.3, -0.25) is 46.9 Å². The van der Waals surface area contributed by atoms with Crippen LogP contribution in [0.1, 0.15) is 324 Å². The first-order valence-electron chi connectivity index (χ1n) is 41.0. The van der Waals surface area contributed by atoms with Crippen LogP contribution in [-0.4, -0.2) is 180 Å². The normalized spacial score (nSPS) is 15.2. The van der Waals surface area contributed by atoms with Crippen LogP contribution in [0.5, 0.6) is 0 Å². The van der Waals surface area contributed by atoms with Gasteiger partial charge in [0.25, 0.3) is 11.8 Å². The van der Waals surface area contributed by atoms with E-state index in [1.165, 1.54) is 38.5 Å². The summed E-state index contributed by atoms with van der Waals surface area (Å²) in [5, 5.41) is 52.2. The lowest BCUT2D eigenvalue weighted by Crippen LogP contribution is -2.50. The Morgan fingerprint density at radius 1 is 0.358 bits per heavy atom. The highest BCUT2D eigenvalue weighted by molar-refractivity contribution is 7.47. The molecule has 622 valence electrons. The van der Waals surface area contributed by atoms with Crippen LogP contribution in [0.4, 0.5) is 0 Å². The summed E-state index contributed by atoms with van der Waals surface area (Å²) in [4.78, 5) is 100. The van der Waals surface area contributed by atoms with Crippen molar-refractivity contribution in [3.63, 3.8) is 0 Å². The van der Waals surface area contributed by atoms with E-state index in [1.807, 2.05) is 0 Å². The third-order valence-corrected chi connectivity index (χ3v) is 19.8. The number of phosphoric acid groups is 2. The van der Waals surface area contributed by atoms with Gasteiger partial charge < -0.3 is 70.4 Å². The van der Waals surface area contributed by atoms with Crippen molar-refractivity contribution in [2.45, 2.75) is 373 Å². The Morgan fingerprint density at radius 3 is 0.991 bits per heavy atom. The van der Waals surface area contributed by atoms with Gasteiger partial charge in [0.05, 0.1) is 76.8 Å². The number of aliphatic hydroxyl groups is 4. The zero-order chi connectivity index (χ0) is 78.6. The predicted octanol–water partition coefficient (Wildman–Crippen LogP) is 14.2. The standard InChI is InChI=1S/C78H148N4O22P2/c1-7-13-19-25-27-29-31-37-43-49-73(87)103-69(47-41-35-23-17-11-5)59-71(85)81-65(61-97-55-51-67(83)45-39-33-21-15-9-3)63-101-105(93,94)99-57-53-79-77(91)75(89)76(90)78(92)80-54-58-100-106(95,96)102-64-66(62-98-56-52-68(84)46-40-34-22-16-10-4)82-72(86)60-70(48-42-36-24-18-12-6)104-74(88)50-44-38-32-30-28-26-20-14-8-2/h29-32,65-70,75-76,83-84,89-90H,7-28,33-64H2,1-6H3,(H,79,91)(H,80,92)(H,81,85)(H,82,86)(H,93,94)(H,95,96)/b31-29-,32-30-/t65?,66?,67?,68?,69-,70-,75-,76-/m1/s1. The Bertz CT molecular complexity index is 2190. The maximum Gasteiger partial charge on any atom is 0.472 e. The Balaban J connectivity index is 5.72. The molecule has 26 nitrogen and oxygen atoms in total. The Hall–Kier alpha value is -3.72. The lowest BCUT2D eigenvalue weighted by Gasteiger charge is -2.23. The van der Waals surface area contributed by atoms with Crippen LogP contribution in [0.2, 0.25) is 0 Å². The second-order valence-corrected chi connectivity index (χ2v) is 31.0. The van der Waals surface area contributed by atoms with Gasteiger partial charge in [0, 0.05) is 39.1 Å². The van der Waals surface area contributed by atoms with Crippen molar-refractivity contribution in [1.82, 2.24) is 21.3 Å². The second-order valence-electron chi connectivity index (χ2n) is 28.1. The average Bonchev–Trinajstić information content (AvgIpc) is 0.903. The predicted molar refractivity (Wildman–Crippen MR) is 414 cm³/mol. The monoisotopic (exact) mass is 1560 g/mol. The van der Waals surface area contributed by atoms with Crippen molar-refractivity contribution in [3.8, 4) is 0 Å². The fraction of sp³-hybridized carbons (Fsp3) is 0.872. The zero-order valence-corrected chi connectivity index (χ0v) is 68.0. The molecule has 0 spiro atoms. The fourth-order valence-corrected chi connectivity index (χ4v) is 13.0. The number of hydrogen-bond donors (Lipinski definition) is 10. The molecule has 0 aliphatic heterocycles. The largest absolute Gasteiger partial charge is 0.472 e. The fourth-order valence-electron chi connectivity index (χ4n) is 11.4. The molecule has 0 aliphatic rings. The van der Waals surface area contributed by atoms with E-state index in [0.717, 1.165) is 167 Å². The molecule has 6 unspecified atom stereocenters. The van der Waals surface area contributed by atoms with Gasteiger partial charge in [-0.1, -0.05) is 220 Å². The Morgan fingerprint density at radius 2 is 0.660 bits per heavy atom. The van der Waals surface area contributed by atoms with Crippen molar-refractivity contribution in [3.05, 3.63) is 24.3 Å². The van der Waals surface area contributed by atoms with E-state index < -0.39 is 139 Å². The van der Waals surface area contributed by atoms with Gasteiger partial charge in [0.15, 0.2) is 12.2 Å². The molecule has 0 radical (unpaired) electrons. The van der Waals surface area contributed by atoms with E-state index in [2.05, 4.69) is 87.1 Å². The number of nitrogens with one attached hydrogen (secondary N) is 4. The summed E-state index contributed by atoms with van der Waals surface area (Å²) < 4.78 is 70.3. The molecular weight excluding hydrogens is 1410 g/mol. The molecule has 0 bridgehead atoms. The topological polar surface area (TPSA) is 380 Å². The molecule has 0 saturated carbocycles. The van der Waals surface area contributed by atoms with Gasteiger partial charge in [-0.25, -0.2) is 9.13 Å². The number of rotatable bonds is 77. The third kappa shape index (κ3) is 64.0. The number of allylic oxidation sites excluding steroid dienone is 4. The number of carbonyl (C=O) groups excluding carboxylic acids is 6. The number of hydrogen-bond acceptors (Lipinski definition) is 20. The van der Waals surface area contributed by atoms with Crippen molar-refractivity contribution in [2.24, 2.45) is 0 Å². The molecule has 0 aromatic carbocycles. The second kappa shape index (κ2) is 70.4. The summed E-state index contributed by atoms with van der Waals surface area (Å²) >= 11 is 0. The maximum absolute atomic E-state index is 13.7. The van der Waals surface area contributed by atoms with Gasteiger partial charge in [-0.15, -0.1) is 0 Å². The quantitative estimate of drug-likeness (QED) is 0.0117. The highest BCUT2D eigenvalue weighted by atomic mass is 31.2. The molecule has 106 heavy (non-hydrogen) atoms. The third-order valence-electron chi connectivity index (χ3n) is 17.8. The van der Waals surface area contributed by atoms with E-state index >= 15 is 0 Å². The zero-order valence-electron chi connectivity index (χ0n) is 66.2. The number of aliphatic hydroxyl groups excluding tert-OH is 4. The summed E-state index contributed by atoms with van der Waals surface area (Å²) in [6.45, 7) is 9.09. The van der Waals surface area contributed by atoms with Crippen LogP contribution in [-0.2, 0) is 74.9 Å². The molecule has 0 fully saturated rings. The van der Waals surface area contributed by atoms with Gasteiger partial charge >= 0.3 is 27.6 Å². The number of unbranched alkanes of at least 4 members (excludes halogenated alkanes) is 26. The molecule has 0 aromatic rings. The summed E-state index contributed by atoms with van der Waals surface area (Å²) in [7, 11) is -9.82. The Kier molecular flexibility index (Phi) is 67.9. The van der Waals surface area contributed by atoms with E-state index in [4.69, 9.17) is 37.0 Å². The van der Waals surface area contributed by atoms with Gasteiger partial charge in [0.1, 0.15) is 12.2 Å². The van der Waals surface area contributed by atoms with Crippen molar-refractivity contribution in [2.75, 3.05) is 65.9 Å². The first-order valence-corrected chi connectivity index (χ1v) is 44.0. The average molecular weight is 1560 g/mol. The molecule has 0 aliphatic carbocycles. The molecule has 0 rings (SSSR count). The van der Waals surface area contributed by atoms with Crippen LogP contribution in [0.3, 0.4) is 0 Å². The summed E-state index contributed by atoms with van der Waals surface area (Å²) in [6.07, 6.45) is 37.6. The summed E-state index contributed by atoms with van der Waals surface area (Å²) in [6, 6.07) is -2.02. The Labute approximate surface area is 637 Å². The highest BCUT2D eigenvalue weighted by Gasteiger charge is 2.32. The molecule has 0 heterocycles. The first-order chi connectivity index (χ1) is 51.0. The summed E-state index contributed by atoms with van der Waals surface area (Å²) in [5.74, 6) is -4.42. The lowest BCUT2D eigenvalue weighted by atomic mass is 10.1. The van der Waals surface area contributed by atoms with E-state index in [9.17, 15) is 68.1 Å². The van der Waals surface area contributed by atoms with E-state index in [-0.39, 0.29) is 52.1 Å². The maximum atomic E-state index is 13.7. The van der Waals surface area contributed by atoms with Crippen LogP contribution >= 0.6 is 15.6 Å². The number of ether oxygens (including phenoxy) is 4. The first kappa shape index (κ1) is 102. The molecule has 28 heteroatoms. The number of carbonyl (C=O) groups is 6. The highest BCUT2D eigenvalue weighted by Crippen LogP contribution is 2.44. The number of esters is 2. The van der Waals surface area contributed by atoms with Gasteiger partial charge in [0.2, 0.25) is 11.8 Å². The molecule has 0 aromatic heterocycles. The van der Waals surface area contributed by atoms with E-state index in [0.29, 0.717) is 51.4 Å². The molecular formula is C78H148N4O22P2.